The van der Waals surface area contributed by atoms with Gasteiger partial charge in [-0.05, 0) is 67.4 Å². The first-order valence-electron chi connectivity index (χ1n) is 16.2. The van der Waals surface area contributed by atoms with Crippen LogP contribution < -0.4 is 10.6 Å². The molecule has 4 nitrogen and oxygen atoms in total. The molecule has 0 spiro atoms. The van der Waals surface area contributed by atoms with Crippen molar-refractivity contribution in [3.8, 4) is 39.4 Å². The summed E-state index contributed by atoms with van der Waals surface area (Å²) in [5.41, 5.74) is 10.8. The molecule has 8 rings (SSSR count). The Labute approximate surface area is 280 Å². The van der Waals surface area contributed by atoms with Gasteiger partial charge in [0.1, 0.15) is 18.2 Å². The Hall–Kier alpha value is -6.28. The van der Waals surface area contributed by atoms with Crippen molar-refractivity contribution in [3.05, 3.63) is 192 Å². The van der Waals surface area contributed by atoms with Crippen molar-refractivity contribution in [2.45, 2.75) is 12.3 Å². The third-order valence-corrected chi connectivity index (χ3v) is 9.03. The Balaban J connectivity index is 1.22. The van der Waals surface area contributed by atoms with Crippen LogP contribution in [0.5, 0.6) is 0 Å². The number of fused-ring (bicyclic) bond motifs is 1. The van der Waals surface area contributed by atoms with Crippen LogP contribution in [-0.2, 0) is 0 Å². The second-order valence-electron chi connectivity index (χ2n) is 12.0. The van der Waals surface area contributed by atoms with Crippen LogP contribution in [0.25, 0.3) is 44.2 Å². The number of hydrogen-bond donors (Lipinski definition) is 2. The molecule has 0 fully saturated rings. The van der Waals surface area contributed by atoms with E-state index in [1.54, 1.807) is 0 Å². The average Bonchev–Trinajstić information content (AvgIpc) is 3.18. The highest BCUT2D eigenvalue weighted by atomic mass is 15.3. The van der Waals surface area contributed by atoms with Gasteiger partial charge in [0, 0.05) is 5.56 Å². The van der Waals surface area contributed by atoms with Crippen molar-refractivity contribution in [3.63, 3.8) is 0 Å². The van der Waals surface area contributed by atoms with E-state index in [9.17, 15) is 5.26 Å². The van der Waals surface area contributed by atoms with Gasteiger partial charge in [-0.15, -0.1) is 0 Å². The van der Waals surface area contributed by atoms with Gasteiger partial charge < -0.3 is 5.32 Å². The van der Waals surface area contributed by atoms with E-state index in [-0.39, 0.29) is 12.3 Å². The number of aliphatic imine (C=N–C) groups is 1. The Bertz CT molecular complexity index is 2280. The van der Waals surface area contributed by atoms with E-state index < -0.39 is 0 Å². The fourth-order valence-electron chi connectivity index (χ4n) is 6.62. The highest BCUT2D eigenvalue weighted by molar-refractivity contribution is 6.06. The molecule has 2 atom stereocenters. The molecule has 228 valence electrons. The molecule has 0 radical (unpaired) electrons. The summed E-state index contributed by atoms with van der Waals surface area (Å²) in [5, 5.41) is 19.1. The molecule has 0 saturated heterocycles. The Morgan fingerprint density at radius 1 is 0.500 bits per heavy atom. The lowest BCUT2D eigenvalue weighted by molar-refractivity contribution is 0.409. The number of rotatable bonds is 6. The molecule has 0 aromatic heterocycles. The Morgan fingerprint density at radius 2 is 1.15 bits per heavy atom. The standard InChI is InChI=1S/C44H32N4/c45-29-30-19-21-32(22-20-30)37-16-9-10-18-39(37)40-28-27-31-11-7-8-17-38(31)41(40)33-23-25-36(26-24-33)44-47-42(34-12-3-1-4-13-34)46-43(48-44)35-14-5-2-6-15-35/h1-28,42,44,47H,(H,46,48). The summed E-state index contributed by atoms with van der Waals surface area (Å²) in [7, 11) is 0. The van der Waals surface area contributed by atoms with E-state index in [0.29, 0.717) is 5.56 Å². The second kappa shape index (κ2) is 12.8. The quantitative estimate of drug-likeness (QED) is 0.195. The Kier molecular flexibility index (Phi) is 7.80. The number of nitrogens with one attached hydrogen (secondary N) is 2. The molecule has 7 aromatic rings. The molecule has 0 aliphatic carbocycles. The molecule has 0 amide bonds. The smallest absolute Gasteiger partial charge is 0.131 e. The zero-order chi connectivity index (χ0) is 32.3. The largest absolute Gasteiger partial charge is 0.350 e. The van der Waals surface area contributed by atoms with Gasteiger partial charge in [-0.3, -0.25) is 5.32 Å². The minimum absolute atomic E-state index is 0.0908. The maximum absolute atomic E-state index is 9.36. The molecule has 48 heavy (non-hydrogen) atoms. The molecule has 2 N–H and O–H groups in total. The zero-order valence-electron chi connectivity index (χ0n) is 26.2. The summed E-state index contributed by atoms with van der Waals surface area (Å²) < 4.78 is 0. The molecule has 1 heterocycles. The number of amidine groups is 1. The molecule has 1 aliphatic rings. The van der Waals surface area contributed by atoms with Crippen LogP contribution in [-0.4, -0.2) is 5.84 Å². The van der Waals surface area contributed by atoms with Crippen molar-refractivity contribution in [2.24, 2.45) is 4.99 Å². The normalized spacial score (nSPS) is 15.7. The van der Waals surface area contributed by atoms with E-state index in [4.69, 9.17) is 4.99 Å². The number of hydrogen-bond acceptors (Lipinski definition) is 4. The van der Waals surface area contributed by atoms with Gasteiger partial charge >= 0.3 is 0 Å². The summed E-state index contributed by atoms with van der Waals surface area (Å²) in [4.78, 5) is 5.15. The maximum Gasteiger partial charge on any atom is 0.131 e. The van der Waals surface area contributed by atoms with E-state index in [1.165, 1.54) is 16.3 Å². The van der Waals surface area contributed by atoms with Crippen molar-refractivity contribution in [2.75, 3.05) is 0 Å². The highest BCUT2D eigenvalue weighted by Gasteiger charge is 2.25. The van der Waals surface area contributed by atoms with E-state index in [1.807, 2.05) is 48.5 Å². The molecular weight excluding hydrogens is 585 g/mol. The molecule has 7 aromatic carbocycles. The minimum Gasteiger partial charge on any atom is -0.350 e. The average molecular weight is 617 g/mol. The lowest BCUT2D eigenvalue weighted by atomic mass is 9.86. The third-order valence-electron chi connectivity index (χ3n) is 9.03. The maximum atomic E-state index is 9.36. The van der Waals surface area contributed by atoms with E-state index in [2.05, 4.69) is 138 Å². The van der Waals surface area contributed by atoms with Crippen LogP contribution in [0.1, 0.15) is 34.6 Å². The van der Waals surface area contributed by atoms with Gasteiger partial charge in [0.05, 0.1) is 11.6 Å². The summed E-state index contributed by atoms with van der Waals surface area (Å²) in [6.07, 6.45) is -0.322. The number of nitriles is 1. The van der Waals surface area contributed by atoms with Gasteiger partial charge in [-0.2, -0.15) is 5.26 Å². The molecular formula is C44H32N4. The Morgan fingerprint density at radius 3 is 1.90 bits per heavy atom. The first-order chi connectivity index (χ1) is 23.7. The van der Waals surface area contributed by atoms with Crippen LogP contribution in [0.2, 0.25) is 0 Å². The SMILES string of the molecule is N#Cc1ccc(-c2ccccc2-c2ccc3ccccc3c2-c2ccc(C3N=C(c4ccccc4)NC(c4ccccc4)N3)cc2)cc1. The topological polar surface area (TPSA) is 60.2 Å². The van der Waals surface area contributed by atoms with Gasteiger partial charge in [0.2, 0.25) is 0 Å². The third kappa shape index (κ3) is 5.64. The monoisotopic (exact) mass is 616 g/mol. The van der Waals surface area contributed by atoms with Gasteiger partial charge in [-0.1, -0.05) is 158 Å². The minimum atomic E-state index is -0.232. The summed E-state index contributed by atoms with van der Waals surface area (Å²) >= 11 is 0. The van der Waals surface area contributed by atoms with Crippen LogP contribution >= 0.6 is 0 Å². The molecule has 2 unspecified atom stereocenters. The number of nitrogens with zero attached hydrogens (tertiary/aromatic N) is 2. The lowest BCUT2D eigenvalue weighted by Crippen LogP contribution is -2.44. The van der Waals surface area contributed by atoms with Crippen molar-refractivity contribution >= 4 is 16.6 Å². The second-order valence-corrected chi connectivity index (χ2v) is 12.0. The predicted octanol–water partition coefficient (Wildman–Crippen LogP) is 10.0. The van der Waals surface area contributed by atoms with E-state index in [0.717, 1.165) is 50.3 Å². The first-order valence-corrected chi connectivity index (χ1v) is 16.2. The van der Waals surface area contributed by atoms with Gasteiger partial charge in [0.25, 0.3) is 0 Å². The molecule has 0 saturated carbocycles. The van der Waals surface area contributed by atoms with Crippen LogP contribution in [0.3, 0.4) is 0 Å². The summed E-state index contributed by atoms with van der Waals surface area (Å²) in [6.45, 7) is 0. The lowest BCUT2D eigenvalue weighted by Gasteiger charge is -2.32. The summed E-state index contributed by atoms with van der Waals surface area (Å²) in [5.74, 6) is 0.869. The molecule has 4 heteroatoms. The number of benzene rings is 7. The molecule has 0 bridgehead atoms. The van der Waals surface area contributed by atoms with Crippen molar-refractivity contribution in [1.82, 2.24) is 10.6 Å². The van der Waals surface area contributed by atoms with Gasteiger partial charge in [-0.25, -0.2) is 4.99 Å². The highest BCUT2D eigenvalue weighted by Crippen LogP contribution is 2.42. The molecule has 1 aliphatic heterocycles. The van der Waals surface area contributed by atoms with Crippen molar-refractivity contribution in [1.29, 1.82) is 5.26 Å². The fraction of sp³-hybridized carbons (Fsp3) is 0.0455. The predicted molar refractivity (Wildman–Crippen MR) is 196 cm³/mol. The zero-order valence-corrected chi connectivity index (χ0v) is 26.2. The fourth-order valence-corrected chi connectivity index (χ4v) is 6.62. The first kappa shape index (κ1) is 29.1. The van der Waals surface area contributed by atoms with Crippen LogP contribution in [0, 0.1) is 11.3 Å². The van der Waals surface area contributed by atoms with Crippen LogP contribution in [0.4, 0.5) is 0 Å². The summed E-state index contributed by atoms with van der Waals surface area (Å²) in [6, 6.07) is 61.2. The van der Waals surface area contributed by atoms with Crippen LogP contribution in [0.15, 0.2) is 175 Å². The van der Waals surface area contributed by atoms with Gasteiger partial charge in [0.15, 0.2) is 0 Å². The van der Waals surface area contributed by atoms with E-state index >= 15 is 0 Å². The van der Waals surface area contributed by atoms with Crippen molar-refractivity contribution < 1.29 is 0 Å².